The topological polar surface area (TPSA) is 41.1 Å². The molecule has 0 aliphatic carbocycles. The quantitative estimate of drug-likeness (QED) is 0.593. The van der Waals surface area contributed by atoms with Crippen LogP contribution in [-0.2, 0) is 4.79 Å². The Hall–Kier alpha value is -1.01. The number of rotatable bonds is 2. The second kappa shape index (κ2) is 4.88. The van der Waals surface area contributed by atoms with E-state index in [1.165, 1.54) is 0 Å². The predicted molar refractivity (Wildman–Crippen MR) is 52.0 cm³/mol. The standard InChI is InChI=1S/C10H16N2O/c1-3-5-12-10(13)9-4-6-11-8(2)7-9/h1,8-9,11H,4-7H2,2H3,(H,12,13). The summed E-state index contributed by atoms with van der Waals surface area (Å²) in [6.45, 7) is 3.37. The van der Waals surface area contributed by atoms with Gasteiger partial charge < -0.3 is 10.6 Å². The molecule has 3 heteroatoms. The van der Waals surface area contributed by atoms with Gasteiger partial charge in [-0.1, -0.05) is 5.92 Å². The Morgan fingerprint density at radius 2 is 2.54 bits per heavy atom. The van der Waals surface area contributed by atoms with Gasteiger partial charge in [-0.3, -0.25) is 4.79 Å². The van der Waals surface area contributed by atoms with Gasteiger partial charge in [0.15, 0.2) is 0 Å². The van der Waals surface area contributed by atoms with E-state index in [-0.39, 0.29) is 11.8 Å². The fourth-order valence-electron chi connectivity index (χ4n) is 1.65. The summed E-state index contributed by atoms with van der Waals surface area (Å²) in [7, 11) is 0. The van der Waals surface area contributed by atoms with Crippen LogP contribution in [0.5, 0.6) is 0 Å². The van der Waals surface area contributed by atoms with Crippen LogP contribution in [0, 0.1) is 18.3 Å². The van der Waals surface area contributed by atoms with Crippen LogP contribution in [0.2, 0.25) is 0 Å². The first-order valence-electron chi connectivity index (χ1n) is 4.68. The lowest BCUT2D eigenvalue weighted by Crippen LogP contribution is -2.42. The molecule has 1 aliphatic rings. The molecule has 0 spiro atoms. The second-order valence-electron chi connectivity index (χ2n) is 3.50. The number of hydrogen-bond acceptors (Lipinski definition) is 2. The number of nitrogens with one attached hydrogen (secondary N) is 2. The minimum Gasteiger partial charge on any atom is -0.345 e. The van der Waals surface area contributed by atoms with Crippen LogP contribution >= 0.6 is 0 Å². The van der Waals surface area contributed by atoms with E-state index in [2.05, 4.69) is 23.5 Å². The molecule has 2 unspecified atom stereocenters. The van der Waals surface area contributed by atoms with Gasteiger partial charge in [0.25, 0.3) is 0 Å². The molecule has 1 heterocycles. The van der Waals surface area contributed by atoms with Crippen molar-refractivity contribution in [3.63, 3.8) is 0 Å². The highest BCUT2D eigenvalue weighted by molar-refractivity contribution is 5.79. The number of hydrogen-bond donors (Lipinski definition) is 2. The minimum atomic E-state index is 0.103. The monoisotopic (exact) mass is 180 g/mol. The first-order valence-corrected chi connectivity index (χ1v) is 4.68. The Kier molecular flexibility index (Phi) is 3.78. The molecule has 0 bridgehead atoms. The molecule has 13 heavy (non-hydrogen) atoms. The lowest BCUT2D eigenvalue weighted by molar-refractivity contribution is -0.125. The number of carbonyl (C=O) groups excluding carboxylic acids is 1. The molecule has 1 fully saturated rings. The molecular formula is C10H16N2O. The molecule has 2 N–H and O–H groups in total. The molecule has 1 aliphatic heterocycles. The van der Waals surface area contributed by atoms with Crippen molar-refractivity contribution in [3.8, 4) is 12.3 Å². The van der Waals surface area contributed by atoms with Crippen LogP contribution in [0.1, 0.15) is 19.8 Å². The lowest BCUT2D eigenvalue weighted by Gasteiger charge is -2.26. The van der Waals surface area contributed by atoms with Crippen molar-refractivity contribution in [2.45, 2.75) is 25.8 Å². The van der Waals surface area contributed by atoms with E-state index in [1.807, 2.05) is 0 Å². The van der Waals surface area contributed by atoms with Crippen molar-refractivity contribution in [3.05, 3.63) is 0 Å². The zero-order chi connectivity index (χ0) is 9.68. The molecule has 0 aromatic rings. The molecule has 0 saturated carbocycles. The summed E-state index contributed by atoms with van der Waals surface area (Å²) in [5.74, 6) is 2.65. The van der Waals surface area contributed by atoms with Gasteiger partial charge in [0.05, 0.1) is 6.54 Å². The maximum absolute atomic E-state index is 11.5. The molecule has 0 aromatic heterocycles. The lowest BCUT2D eigenvalue weighted by atomic mass is 9.92. The average Bonchev–Trinajstić information content (AvgIpc) is 2.14. The fraction of sp³-hybridized carbons (Fsp3) is 0.700. The van der Waals surface area contributed by atoms with Gasteiger partial charge in [0.1, 0.15) is 0 Å². The van der Waals surface area contributed by atoms with E-state index in [4.69, 9.17) is 6.42 Å². The zero-order valence-corrected chi connectivity index (χ0v) is 7.97. The van der Waals surface area contributed by atoms with Gasteiger partial charge in [-0.05, 0) is 26.3 Å². The summed E-state index contributed by atoms with van der Waals surface area (Å²) in [6, 6.07) is 0.440. The van der Waals surface area contributed by atoms with Crippen molar-refractivity contribution in [2.24, 2.45) is 5.92 Å². The van der Waals surface area contributed by atoms with Gasteiger partial charge in [-0.2, -0.15) is 0 Å². The summed E-state index contributed by atoms with van der Waals surface area (Å²) in [4.78, 5) is 11.5. The molecule has 1 rings (SSSR count). The Labute approximate surface area is 79.3 Å². The van der Waals surface area contributed by atoms with Crippen LogP contribution in [0.4, 0.5) is 0 Å². The number of terminal acetylenes is 1. The Morgan fingerprint density at radius 3 is 3.15 bits per heavy atom. The first-order chi connectivity index (χ1) is 6.24. The first kappa shape index (κ1) is 10.1. The third kappa shape index (κ3) is 3.08. The van der Waals surface area contributed by atoms with Crippen LogP contribution in [-0.4, -0.2) is 25.0 Å². The van der Waals surface area contributed by atoms with Crippen molar-refractivity contribution in [1.29, 1.82) is 0 Å². The molecule has 3 nitrogen and oxygen atoms in total. The third-order valence-electron chi connectivity index (χ3n) is 2.36. The summed E-state index contributed by atoms with van der Waals surface area (Å²) in [6.07, 6.45) is 6.89. The Morgan fingerprint density at radius 1 is 1.77 bits per heavy atom. The van der Waals surface area contributed by atoms with E-state index in [1.54, 1.807) is 0 Å². The molecule has 2 atom stereocenters. The van der Waals surface area contributed by atoms with Crippen LogP contribution in [0.25, 0.3) is 0 Å². The Bertz CT molecular complexity index is 219. The zero-order valence-electron chi connectivity index (χ0n) is 7.97. The van der Waals surface area contributed by atoms with Gasteiger partial charge in [0, 0.05) is 12.0 Å². The van der Waals surface area contributed by atoms with Crippen molar-refractivity contribution in [1.82, 2.24) is 10.6 Å². The van der Waals surface area contributed by atoms with E-state index in [0.717, 1.165) is 19.4 Å². The molecule has 0 radical (unpaired) electrons. The number of amides is 1. The number of carbonyl (C=O) groups is 1. The normalized spacial score (nSPS) is 27.7. The number of piperidine rings is 1. The van der Waals surface area contributed by atoms with Crippen molar-refractivity contribution >= 4 is 5.91 Å². The third-order valence-corrected chi connectivity index (χ3v) is 2.36. The van der Waals surface area contributed by atoms with Crippen molar-refractivity contribution in [2.75, 3.05) is 13.1 Å². The summed E-state index contributed by atoms with van der Waals surface area (Å²) >= 11 is 0. The molecule has 1 saturated heterocycles. The second-order valence-corrected chi connectivity index (χ2v) is 3.50. The van der Waals surface area contributed by atoms with Crippen LogP contribution < -0.4 is 10.6 Å². The van der Waals surface area contributed by atoms with Gasteiger partial charge >= 0.3 is 0 Å². The largest absolute Gasteiger partial charge is 0.345 e. The van der Waals surface area contributed by atoms with Crippen LogP contribution in [0.15, 0.2) is 0 Å². The summed E-state index contributed by atoms with van der Waals surface area (Å²) in [5, 5.41) is 6.02. The van der Waals surface area contributed by atoms with E-state index in [0.29, 0.717) is 12.6 Å². The molecule has 72 valence electrons. The van der Waals surface area contributed by atoms with Gasteiger partial charge in [-0.15, -0.1) is 6.42 Å². The average molecular weight is 180 g/mol. The van der Waals surface area contributed by atoms with Crippen molar-refractivity contribution < 1.29 is 4.79 Å². The van der Waals surface area contributed by atoms with Crippen LogP contribution in [0.3, 0.4) is 0 Å². The minimum absolute atomic E-state index is 0.103. The highest BCUT2D eigenvalue weighted by atomic mass is 16.1. The predicted octanol–water partition coefficient (Wildman–Crippen LogP) is 0.124. The SMILES string of the molecule is C#CCNC(=O)C1CCNC(C)C1. The highest BCUT2D eigenvalue weighted by Gasteiger charge is 2.23. The molecule has 1 amide bonds. The highest BCUT2D eigenvalue weighted by Crippen LogP contribution is 2.15. The Balaban J connectivity index is 2.33. The summed E-state index contributed by atoms with van der Waals surface area (Å²) < 4.78 is 0. The molecule has 0 aromatic carbocycles. The van der Waals surface area contributed by atoms with E-state index in [9.17, 15) is 4.79 Å². The van der Waals surface area contributed by atoms with Gasteiger partial charge in [0.2, 0.25) is 5.91 Å². The maximum atomic E-state index is 11.5. The molecular weight excluding hydrogens is 164 g/mol. The fourth-order valence-corrected chi connectivity index (χ4v) is 1.65. The smallest absolute Gasteiger partial charge is 0.223 e. The van der Waals surface area contributed by atoms with Gasteiger partial charge in [-0.25, -0.2) is 0 Å². The van der Waals surface area contributed by atoms with E-state index >= 15 is 0 Å². The van der Waals surface area contributed by atoms with E-state index < -0.39 is 0 Å². The summed E-state index contributed by atoms with van der Waals surface area (Å²) in [5.41, 5.74) is 0. The maximum Gasteiger partial charge on any atom is 0.223 e.